The lowest BCUT2D eigenvalue weighted by Crippen LogP contribution is -2.44. The molecule has 2 atom stereocenters. The molecular weight excluding hydrogens is 464 g/mol. The number of ether oxygens (including phenoxy) is 1. The number of halogens is 1. The fraction of sp³-hybridized carbons (Fsp3) is 0.474. The summed E-state index contributed by atoms with van der Waals surface area (Å²) in [5.41, 5.74) is 1.98. The Morgan fingerprint density at radius 3 is 2.85 bits per heavy atom. The molecule has 2 aromatic rings. The first-order valence-corrected chi connectivity index (χ1v) is 12.9. The predicted molar refractivity (Wildman–Crippen MR) is 120 cm³/mol. The molecule has 2 aliphatic heterocycles. The van der Waals surface area contributed by atoms with Crippen LogP contribution in [0.3, 0.4) is 0 Å². The molecule has 2 aliphatic rings. The van der Waals surface area contributed by atoms with E-state index >= 15 is 0 Å². The Balaban J connectivity index is 1.57. The van der Waals surface area contributed by atoms with Crippen molar-refractivity contribution in [1.29, 1.82) is 0 Å². The molecule has 1 aromatic carbocycles. The standard InChI is InChI=1S/C19H21BrN2O2S3/c20-14-5-3-13(4-6-14)16-11-27-19(21-16)22(10-15-2-1-7-24-15)18(23)17-12-25-8-9-26-17/h3-6,11,15,17H,1-2,7-10,12H2. The Kier molecular flexibility index (Phi) is 6.81. The van der Waals surface area contributed by atoms with Crippen molar-refractivity contribution in [3.8, 4) is 11.3 Å². The predicted octanol–water partition coefficient (Wildman–Crippen LogP) is 4.93. The third kappa shape index (κ3) is 4.90. The van der Waals surface area contributed by atoms with Gasteiger partial charge in [0.1, 0.15) is 0 Å². The van der Waals surface area contributed by atoms with Crippen LogP contribution in [-0.2, 0) is 9.53 Å². The van der Waals surface area contributed by atoms with Gasteiger partial charge in [-0.15, -0.1) is 23.1 Å². The minimum atomic E-state index is 0.0187. The van der Waals surface area contributed by atoms with Crippen LogP contribution in [-0.4, -0.2) is 52.7 Å². The number of anilines is 1. The first-order valence-electron chi connectivity index (χ1n) is 9.04. The van der Waals surface area contributed by atoms with E-state index in [0.29, 0.717) is 6.54 Å². The normalized spacial score (nSPS) is 22.7. The van der Waals surface area contributed by atoms with Gasteiger partial charge in [-0.25, -0.2) is 4.98 Å². The summed E-state index contributed by atoms with van der Waals surface area (Å²) in [4.78, 5) is 20.0. The zero-order chi connectivity index (χ0) is 18.6. The molecule has 2 unspecified atom stereocenters. The van der Waals surface area contributed by atoms with Gasteiger partial charge in [0.2, 0.25) is 5.91 Å². The molecule has 2 saturated heterocycles. The highest BCUT2D eigenvalue weighted by Crippen LogP contribution is 2.32. The van der Waals surface area contributed by atoms with Crippen LogP contribution in [0.15, 0.2) is 34.1 Å². The van der Waals surface area contributed by atoms with Crippen LogP contribution in [0.2, 0.25) is 0 Å². The Hall–Kier alpha value is -0.540. The van der Waals surface area contributed by atoms with Crippen LogP contribution in [0.1, 0.15) is 12.8 Å². The summed E-state index contributed by atoms with van der Waals surface area (Å²) in [6, 6.07) is 8.12. The van der Waals surface area contributed by atoms with Gasteiger partial charge in [-0.2, -0.15) is 11.8 Å². The highest BCUT2D eigenvalue weighted by molar-refractivity contribution is 9.10. The summed E-state index contributed by atoms with van der Waals surface area (Å²) >= 11 is 8.66. The third-order valence-corrected chi connectivity index (χ3v) is 8.76. The molecule has 0 bridgehead atoms. The van der Waals surface area contributed by atoms with Crippen molar-refractivity contribution in [2.24, 2.45) is 0 Å². The second kappa shape index (κ2) is 9.31. The van der Waals surface area contributed by atoms with E-state index in [2.05, 4.69) is 15.9 Å². The molecule has 1 amide bonds. The third-order valence-electron chi connectivity index (χ3n) is 4.63. The average molecular weight is 485 g/mol. The number of thioether (sulfide) groups is 2. The molecule has 4 rings (SSSR count). The van der Waals surface area contributed by atoms with Crippen LogP contribution in [0.4, 0.5) is 5.13 Å². The van der Waals surface area contributed by atoms with Gasteiger partial charge in [0.15, 0.2) is 5.13 Å². The number of carbonyl (C=O) groups excluding carboxylic acids is 1. The average Bonchev–Trinajstić information content (AvgIpc) is 3.39. The van der Waals surface area contributed by atoms with Gasteiger partial charge in [0.25, 0.3) is 0 Å². The van der Waals surface area contributed by atoms with Gasteiger partial charge in [0.05, 0.1) is 23.6 Å². The second-order valence-corrected chi connectivity index (χ2v) is 10.8. The largest absolute Gasteiger partial charge is 0.376 e. The molecule has 2 fully saturated rings. The fourth-order valence-electron chi connectivity index (χ4n) is 3.20. The number of amides is 1. The van der Waals surface area contributed by atoms with Crippen molar-refractivity contribution in [3.63, 3.8) is 0 Å². The number of hydrogen-bond acceptors (Lipinski definition) is 6. The van der Waals surface area contributed by atoms with Crippen LogP contribution in [0.5, 0.6) is 0 Å². The van der Waals surface area contributed by atoms with Crippen molar-refractivity contribution in [3.05, 3.63) is 34.1 Å². The molecule has 0 spiro atoms. The van der Waals surface area contributed by atoms with Gasteiger partial charge < -0.3 is 4.74 Å². The summed E-state index contributed by atoms with van der Waals surface area (Å²) in [5.74, 6) is 3.23. The minimum Gasteiger partial charge on any atom is -0.376 e. The van der Waals surface area contributed by atoms with Crippen LogP contribution >= 0.6 is 50.8 Å². The summed E-state index contributed by atoms with van der Waals surface area (Å²) in [5, 5.41) is 2.84. The summed E-state index contributed by atoms with van der Waals surface area (Å²) < 4.78 is 6.86. The van der Waals surface area contributed by atoms with E-state index in [4.69, 9.17) is 9.72 Å². The van der Waals surface area contributed by atoms with Gasteiger partial charge in [-0.05, 0) is 25.0 Å². The quantitative estimate of drug-likeness (QED) is 0.601. The number of carbonyl (C=O) groups is 1. The Morgan fingerprint density at radius 2 is 2.15 bits per heavy atom. The van der Waals surface area contributed by atoms with E-state index in [1.165, 1.54) is 0 Å². The van der Waals surface area contributed by atoms with Crippen LogP contribution in [0.25, 0.3) is 11.3 Å². The van der Waals surface area contributed by atoms with Crippen LogP contribution < -0.4 is 4.90 Å². The molecule has 0 radical (unpaired) electrons. The topological polar surface area (TPSA) is 42.4 Å². The van der Waals surface area contributed by atoms with E-state index in [9.17, 15) is 4.79 Å². The molecule has 1 aromatic heterocycles. The van der Waals surface area contributed by atoms with Crippen molar-refractivity contribution in [1.82, 2.24) is 4.98 Å². The van der Waals surface area contributed by atoms with E-state index in [-0.39, 0.29) is 17.3 Å². The molecule has 27 heavy (non-hydrogen) atoms. The number of rotatable bonds is 5. The van der Waals surface area contributed by atoms with Crippen molar-refractivity contribution in [2.75, 3.05) is 35.3 Å². The van der Waals surface area contributed by atoms with Gasteiger partial charge in [0, 0.05) is 39.3 Å². The summed E-state index contributed by atoms with van der Waals surface area (Å²) in [6.45, 7) is 1.40. The molecule has 0 aliphatic carbocycles. The number of nitrogens with zero attached hydrogens (tertiary/aromatic N) is 2. The Morgan fingerprint density at radius 1 is 1.30 bits per heavy atom. The highest BCUT2D eigenvalue weighted by atomic mass is 79.9. The Labute approximate surface area is 180 Å². The van der Waals surface area contributed by atoms with Crippen molar-refractivity contribution >= 4 is 61.8 Å². The summed E-state index contributed by atoms with van der Waals surface area (Å²) in [7, 11) is 0. The molecule has 4 nitrogen and oxygen atoms in total. The molecule has 3 heterocycles. The maximum atomic E-state index is 13.3. The first-order chi connectivity index (χ1) is 13.2. The van der Waals surface area contributed by atoms with Gasteiger partial charge >= 0.3 is 0 Å². The van der Waals surface area contributed by atoms with E-state index in [0.717, 1.165) is 57.6 Å². The second-order valence-electron chi connectivity index (χ2n) is 6.54. The Bertz CT molecular complexity index is 772. The zero-order valence-corrected chi connectivity index (χ0v) is 18.8. The van der Waals surface area contributed by atoms with Crippen LogP contribution in [0, 0.1) is 0 Å². The molecule has 144 valence electrons. The SMILES string of the molecule is O=C(C1CSCCS1)N(CC1CCCO1)c1nc(-c2ccc(Br)cc2)cs1. The molecular formula is C19H21BrN2O2S3. The zero-order valence-electron chi connectivity index (χ0n) is 14.8. The van der Waals surface area contributed by atoms with Crippen molar-refractivity contribution < 1.29 is 9.53 Å². The number of thiazole rings is 1. The monoisotopic (exact) mass is 484 g/mol. The number of hydrogen-bond donors (Lipinski definition) is 0. The van der Waals surface area contributed by atoms with E-state index in [1.54, 1.807) is 23.1 Å². The lowest BCUT2D eigenvalue weighted by Gasteiger charge is -2.28. The molecule has 0 saturated carbocycles. The smallest absolute Gasteiger partial charge is 0.242 e. The molecule has 0 N–H and O–H groups in total. The van der Waals surface area contributed by atoms with Gasteiger partial charge in [-0.3, -0.25) is 9.69 Å². The number of benzene rings is 1. The first kappa shape index (κ1) is 19.8. The maximum Gasteiger partial charge on any atom is 0.242 e. The van der Waals surface area contributed by atoms with E-state index in [1.807, 2.05) is 46.3 Å². The maximum absolute atomic E-state index is 13.3. The van der Waals surface area contributed by atoms with E-state index < -0.39 is 0 Å². The highest BCUT2D eigenvalue weighted by Gasteiger charge is 2.32. The number of aromatic nitrogens is 1. The van der Waals surface area contributed by atoms with Gasteiger partial charge in [-0.1, -0.05) is 28.1 Å². The van der Waals surface area contributed by atoms with Crippen molar-refractivity contribution in [2.45, 2.75) is 24.2 Å². The minimum absolute atomic E-state index is 0.0187. The summed E-state index contributed by atoms with van der Waals surface area (Å²) in [6.07, 6.45) is 2.21. The fourth-order valence-corrected chi connectivity index (χ4v) is 6.92. The lowest BCUT2D eigenvalue weighted by molar-refractivity contribution is -0.118. The molecule has 8 heteroatoms. The lowest BCUT2D eigenvalue weighted by atomic mass is 10.2.